The number of phenolic OH excluding ortho intramolecular Hbond substituents is 1. The summed E-state index contributed by atoms with van der Waals surface area (Å²) >= 11 is 11.6. The minimum Gasteiger partial charge on any atom is -0.506 e. The van der Waals surface area contributed by atoms with E-state index < -0.39 is 0 Å². The minimum absolute atomic E-state index is 0.0331. The van der Waals surface area contributed by atoms with Gasteiger partial charge in [0.1, 0.15) is 5.75 Å². The fourth-order valence-electron chi connectivity index (χ4n) is 1.16. The van der Waals surface area contributed by atoms with Crippen LogP contribution in [-0.4, -0.2) is 17.4 Å². The molecule has 0 bridgehead atoms. The van der Waals surface area contributed by atoms with Crippen molar-refractivity contribution in [3.8, 4) is 5.75 Å². The van der Waals surface area contributed by atoms with Crippen LogP contribution in [0.4, 0.5) is 0 Å². The Bertz CT molecular complexity index is 375. The van der Waals surface area contributed by atoms with Gasteiger partial charge in [-0.25, -0.2) is 0 Å². The number of aliphatic imine (C=N–C) groups is 1. The Morgan fingerprint density at radius 1 is 1.43 bits per heavy atom. The lowest BCUT2D eigenvalue weighted by Crippen LogP contribution is -1.96. The van der Waals surface area contributed by atoms with Crippen LogP contribution in [-0.2, 0) is 0 Å². The summed E-state index contributed by atoms with van der Waals surface area (Å²) < 4.78 is 0. The molecule has 76 valence electrons. The highest BCUT2D eigenvalue weighted by Gasteiger charge is 2.09. The summed E-state index contributed by atoms with van der Waals surface area (Å²) in [6.07, 6.45) is 0. The molecule has 0 radical (unpaired) electrons. The molecule has 0 aliphatic rings. The van der Waals surface area contributed by atoms with Gasteiger partial charge in [-0.05, 0) is 26.0 Å². The predicted octanol–water partition coefficient (Wildman–Crippen LogP) is 3.53. The number of benzene rings is 1. The van der Waals surface area contributed by atoms with Gasteiger partial charge in [0.15, 0.2) is 0 Å². The van der Waals surface area contributed by atoms with Gasteiger partial charge in [-0.3, -0.25) is 4.99 Å². The van der Waals surface area contributed by atoms with Crippen LogP contribution in [0.1, 0.15) is 19.4 Å². The van der Waals surface area contributed by atoms with Gasteiger partial charge in [0, 0.05) is 22.8 Å². The van der Waals surface area contributed by atoms with E-state index in [1.807, 2.05) is 13.8 Å². The third-order valence-corrected chi connectivity index (χ3v) is 2.32. The smallest absolute Gasteiger partial charge is 0.143 e. The standard InChI is InChI=1S/C10H11Cl2NO/c1-3-13-6(2)8-4-7(11)5-9(12)10(8)14/h4-5,14H,3H2,1-2H3. The molecule has 0 unspecified atom stereocenters. The van der Waals surface area contributed by atoms with E-state index in [-0.39, 0.29) is 10.8 Å². The molecule has 14 heavy (non-hydrogen) atoms. The molecule has 4 heteroatoms. The van der Waals surface area contributed by atoms with E-state index >= 15 is 0 Å². The average molecular weight is 232 g/mol. The highest BCUT2D eigenvalue weighted by atomic mass is 35.5. The Kier molecular flexibility index (Phi) is 3.78. The van der Waals surface area contributed by atoms with Gasteiger partial charge >= 0.3 is 0 Å². The predicted molar refractivity (Wildman–Crippen MR) is 60.9 cm³/mol. The second-order valence-electron chi connectivity index (χ2n) is 2.84. The van der Waals surface area contributed by atoms with Crippen LogP contribution in [0.15, 0.2) is 17.1 Å². The maximum Gasteiger partial charge on any atom is 0.143 e. The van der Waals surface area contributed by atoms with Crippen LogP contribution in [0.2, 0.25) is 10.0 Å². The van der Waals surface area contributed by atoms with E-state index in [1.54, 1.807) is 6.07 Å². The Morgan fingerprint density at radius 3 is 2.64 bits per heavy atom. The van der Waals surface area contributed by atoms with Crippen LogP contribution >= 0.6 is 23.2 Å². The molecule has 0 saturated carbocycles. The van der Waals surface area contributed by atoms with Crippen molar-refractivity contribution in [1.29, 1.82) is 0 Å². The lowest BCUT2D eigenvalue weighted by Gasteiger charge is -2.06. The molecule has 0 saturated heterocycles. The zero-order valence-electron chi connectivity index (χ0n) is 8.01. The zero-order valence-corrected chi connectivity index (χ0v) is 9.52. The zero-order chi connectivity index (χ0) is 10.7. The number of phenols is 1. The van der Waals surface area contributed by atoms with Crippen molar-refractivity contribution in [3.63, 3.8) is 0 Å². The van der Waals surface area contributed by atoms with E-state index in [0.717, 1.165) is 5.71 Å². The summed E-state index contributed by atoms with van der Waals surface area (Å²) in [6.45, 7) is 4.40. The molecular formula is C10H11Cl2NO. The second-order valence-corrected chi connectivity index (χ2v) is 3.69. The van der Waals surface area contributed by atoms with Crippen molar-refractivity contribution >= 4 is 28.9 Å². The highest BCUT2D eigenvalue weighted by molar-refractivity contribution is 6.36. The normalized spacial score (nSPS) is 11.9. The molecule has 0 fully saturated rings. The van der Waals surface area contributed by atoms with Crippen molar-refractivity contribution < 1.29 is 5.11 Å². The maximum atomic E-state index is 9.65. The minimum atomic E-state index is 0.0331. The van der Waals surface area contributed by atoms with Gasteiger partial charge in [0.2, 0.25) is 0 Å². The first-order valence-electron chi connectivity index (χ1n) is 4.25. The topological polar surface area (TPSA) is 32.6 Å². The molecule has 0 aliphatic carbocycles. The number of hydrogen-bond donors (Lipinski definition) is 1. The van der Waals surface area contributed by atoms with Gasteiger partial charge in [-0.2, -0.15) is 0 Å². The number of rotatable bonds is 2. The molecule has 1 aromatic rings. The van der Waals surface area contributed by atoms with E-state index in [4.69, 9.17) is 23.2 Å². The van der Waals surface area contributed by atoms with E-state index in [9.17, 15) is 5.11 Å². The van der Waals surface area contributed by atoms with Gasteiger partial charge in [0.25, 0.3) is 0 Å². The fourth-order valence-corrected chi connectivity index (χ4v) is 1.66. The number of aromatic hydroxyl groups is 1. The molecule has 0 heterocycles. The summed E-state index contributed by atoms with van der Waals surface area (Å²) in [4.78, 5) is 4.18. The molecule has 0 spiro atoms. The molecule has 0 aromatic heterocycles. The van der Waals surface area contributed by atoms with Crippen molar-refractivity contribution in [3.05, 3.63) is 27.7 Å². The summed E-state index contributed by atoms with van der Waals surface area (Å²) in [5.74, 6) is 0.0331. The van der Waals surface area contributed by atoms with Gasteiger partial charge in [-0.1, -0.05) is 23.2 Å². The molecule has 1 aromatic carbocycles. The first kappa shape index (κ1) is 11.3. The third-order valence-electron chi connectivity index (χ3n) is 1.81. The Morgan fingerprint density at radius 2 is 2.07 bits per heavy atom. The lowest BCUT2D eigenvalue weighted by molar-refractivity contribution is 0.474. The molecule has 0 atom stereocenters. The van der Waals surface area contributed by atoms with Crippen molar-refractivity contribution in [1.82, 2.24) is 0 Å². The largest absolute Gasteiger partial charge is 0.506 e. The van der Waals surface area contributed by atoms with Crippen molar-refractivity contribution in [2.24, 2.45) is 4.99 Å². The van der Waals surface area contributed by atoms with Crippen LogP contribution < -0.4 is 0 Å². The first-order chi connectivity index (χ1) is 6.56. The van der Waals surface area contributed by atoms with Crippen molar-refractivity contribution in [2.45, 2.75) is 13.8 Å². The van der Waals surface area contributed by atoms with Gasteiger partial charge in [-0.15, -0.1) is 0 Å². The summed E-state index contributed by atoms with van der Waals surface area (Å²) in [5.41, 5.74) is 1.32. The van der Waals surface area contributed by atoms with Crippen LogP contribution in [0.3, 0.4) is 0 Å². The average Bonchev–Trinajstić information content (AvgIpc) is 2.11. The third kappa shape index (κ3) is 2.40. The number of halogens is 2. The second kappa shape index (κ2) is 4.67. The molecular weight excluding hydrogens is 221 g/mol. The molecule has 2 nitrogen and oxygen atoms in total. The lowest BCUT2D eigenvalue weighted by atomic mass is 10.1. The molecule has 1 rings (SSSR count). The summed E-state index contributed by atoms with van der Waals surface area (Å²) in [5, 5.41) is 10.4. The van der Waals surface area contributed by atoms with Crippen LogP contribution in [0.25, 0.3) is 0 Å². The molecule has 1 N–H and O–H groups in total. The monoisotopic (exact) mass is 231 g/mol. The van der Waals surface area contributed by atoms with E-state index in [2.05, 4.69) is 4.99 Å². The Balaban J connectivity index is 3.27. The van der Waals surface area contributed by atoms with Crippen LogP contribution in [0.5, 0.6) is 5.75 Å². The highest BCUT2D eigenvalue weighted by Crippen LogP contribution is 2.31. The van der Waals surface area contributed by atoms with Gasteiger partial charge < -0.3 is 5.11 Å². The fraction of sp³-hybridized carbons (Fsp3) is 0.300. The van der Waals surface area contributed by atoms with Gasteiger partial charge in [0.05, 0.1) is 5.02 Å². The number of hydrogen-bond acceptors (Lipinski definition) is 2. The molecule has 0 aliphatic heterocycles. The first-order valence-corrected chi connectivity index (χ1v) is 5.01. The summed E-state index contributed by atoms with van der Waals surface area (Å²) in [6, 6.07) is 3.15. The Hall–Kier alpha value is -0.730. The SMILES string of the molecule is CCN=C(C)c1cc(Cl)cc(Cl)c1O. The molecule has 0 amide bonds. The summed E-state index contributed by atoms with van der Waals surface area (Å²) in [7, 11) is 0. The quantitative estimate of drug-likeness (QED) is 0.777. The van der Waals surface area contributed by atoms with Crippen molar-refractivity contribution in [2.75, 3.05) is 6.54 Å². The van der Waals surface area contributed by atoms with Crippen LogP contribution in [0, 0.1) is 0 Å². The van der Waals surface area contributed by atoms with E-state index in [1.165, 1.54) is 6.07 Å². The Labute approximate surface area is 93.2 Å². The van der Waals surface area contributed by atoms with E-state index in [0.29, 0.717) is 17.1 Å². The maximum absolute atomic E-state index is 9.65. The number of nitrogens with zero attached hydrogens (tertiary/aromatic N) is 1.